The Morgan fingerprint density at radius 2 is 1.60 bits per heavy atom. The summed E-state index contributed by atoms with van der Waals surface area (Å²) in [5.41, 5.74) is 4.42. The minimum Gasteiger partial charge on any atom is -0.456 e. The van der Waals surface area contributed by atoms with E-state index in [4.69, 9.17) is 14.1 Å². The number of fused-ring (bicyclic) bond motifs is 6. The maximum atomic E-state index is 11.7. The molecule has 0 atom stereocenters. The largest absolute Gasteiger partial charge is 0.456 e. The number of aromatic nitrogens is 1. The van der Waals surface area contributed by atoms with Crippen molar-refractivity contribution in [2.75, 3.05) is 0 Å². The van der Waals surface area contributed by atoms with Gasteiger partial charge in [-0.1, -0.05) is 30.3 Å². The predicted molar refractivity (Wildman–Crippen MR) is 112 cm³/mol. The molecule has 30 heavy (non-hydrogen) atoms. The van der Waals surface area contributed by atoms with Crippen LogP contribution < -0.4 is 0 Å². The van der Waals surface area contributed by atoms with Crippen molar-refractivity contribution in [2.24, 2.45) is 0 Å². The summed E-state index contributed by atoms with van der Waals surface area (Å²) in [6.07, 6.45) is 1.49. The van der Waals surface area contributed by atoms with Gasteiger partial charge in [0.1, 0.15) is 22.3 Å². The number of hydrogen-bond acceptors (Lipinski definition) is 6. The number of benzene rings is 3. The quantitative estimate of drug-likeness (QED) is 0.278. The second kappa shape index (κ2) is 6.17. The summed E-state index contributed by atoms with van der Waals surface area (Å²) >= 11 is 0. The SMILES string of the molecule is O=C(OO)c1ccnc(-c2cccc3c2oc2cc4oc5ccccc5c4cc23)c1. The number of hydrogen-bond donors (Lipinski definition) is 1. The van der Waals surface area contributed by atoms with Crippen LogP contribution in [0.1, 0.15) is 10.4 Å². The van der Waals surface area contributed by atoms with Gasteiger partial charge >= 0.3 is 5.97 Å². The van der Waals surface area contributed by atoms with Crippen LogP contribution in [-0.4, -0.2) is 16.2 Å². The minimum atomic E-state index is -0.845. The van der Waals surface area contributed by atoms with Crippen molar-refractivity contribution in [2.45, 2.75) is 0 Å². The number of nitrogens with zero attached hydrogens (tertiary/aromatic N) is 1. The lowest BCUT2D eigenvalue weighted by atomic mass is 10.0. The lowest BCUT2D eigenvalue weighted by Gasteiger charge is -2.03. The monoisotopic (exact) mass is 395 g/mol. The summed E-state index contributed by atoms with van der Waals surface area (Å²) < 4.78 is 12.2. The first-order valence-electron chi connectivity index (χ1n) is 9.31. The fourth-order valence-corrected chi connectivity index (χ4v) is 3.98. The van der Waals surface area contributed by atoms with Crippen LogP contribution in [0.5, 0.6) is 0 Å². The molecule has 0 saturated heterocycles. The lowest BCUT2D eigenvalue weighted by Crippen LogP contribution is -2.02. The summed E-state index contributed by atoms with van der Waals surface area (Å²) in [5.74, 6) is -0.845. The first-order chi connectivity index (χ1) is 14.7. The van der Waals surface area contributed by atoms with Crippen molar-refractivity contribution in [3.05, 3.63) is 78.5 Å². The molecule has 0 aliphatic rings. The Hall–Kier alpha value is -4.16. The smallest absolute Gasteiger partial charge is 0.372 e. The van der Waals surface area contributed by atoms with Crippen molar-refractivity contribution in [1.29, 1.82) is 0 Å². The number of furan rings is 2. The third-order valence-corrected chi connectivity index (χ3v) is 5.35. The molecule has 3 heterocycles. The van der Waals surface area contributed by atoms with Crippen molar-refractivity contribution in [1.82, 2.24) is 4.98 Å². The van der Waals surface area contributed by atoms with Gasteiger partial charge in [0.15, 0.2) is 0 Å². The van der Waals surface area contributed by atoms with Crippen molar-refractivity contribution in [3.63, 3.8) is 0 Å². The van der Waals surface area contributed by atoms with Gasteiger partial charge in [-0.25, -0.2) is 4.79 Å². The first kappa shape index (κ1) is 16.8. The Kier molecular flexibility index (Phi) is 3.45. The number of carbonyl (C=O) groups excluding carboxylic acids is 1. The lowest BCUT2D eigenvalue weighted by molar-refractivity contribution is -0.182. The molecule has 0 saturated carbocycles. The van der Waals surface area contributed by atoms with Gasteiger partial charge in [-0.15, -0.1) is 0 Å². The Morgan fingerprint density at radius 1 is 0.800 bits per heavy atom. The van der Waals surface area contributed by atoms with Gasteiger partial charge in [-0.05, 0) is 30.3 Å². The van der Waals surface area contributed by atoms with Crippen LogP contribution in [0.15, 0.2) is 81.8 Å². The molecular formula is C24H13NO5. The number of para-hydroxylation sites is 2. The maximum absolute atomic E-state index is 11.7. The Balaban J connectivity index is 1.63. The molecule has 6 aromatic rings. The van der Waals surface area contributed by atoms with E-state index in [2.05, 4.69) is 15.9 Å². The van der Waals surface area contributed by atoms with E-state index in [1.165, 1.54) is 12.3 Å². The van der Waals surface area contributed by atoms with Gasteiger partial charge in [0.25, 0.3) is 0 Å². The molecule has 3 aromatic heterocycles. The zero-order valence-corrected chi connectivity index (χ0v) is 15.5. The fraction of sp³-hybridized carbons (Fsp3) is 0. The highest BCUT2D eigenvalue weighted by Gasteiger charge is 2.17. The van der Waals surface area contributed by atoms with Crippen LogP contribution >= 0.6 is 0 Å². The Morgan fingerprint density at radius 3 is 2.50 bits per heavy atom. The predicted octanol–water partition coefficient (Wildman–Crippen LogP) is 6.18. The molecule has 0 unspecified atom stereocenters. The third-order valence-electron chi connectivity index (χ3n) is 5.35. The van der Waals surface area contributed by atoms with E-state index in [0.717, 1.165) is 38.3 Å². The molecule has 0 radical (unpaired) electrons. The van der Waals surface area contributed by atoms with E-state index in [1.54, 1.807) is 6.07 Å². The summed E-state index contributed by atoms with van der Waals surface area (Å²) in [6, 6.07) is 20.7. The van der Waals surface area contributed by atoms with Gasteiger partial charge in [0.05, 0.1) is 11.3 Å². The normalized spacial score (nSPS) is 11.6. The highest BCUT2D eigenvalue weighted by molar-refractivity contribution is 6.16. The highest BCUT2D eigenvalue weighted by Crippen LogP contribution is 2.39. The summed E-state index contributed by atoms with van der Waals surface area (Å²) in [7, 11) is 0. The standard InChI is InChI=1S/C24H13NO5/c26-24(30-27)13-8-9-25-19(10-13)16-6-3-5-15-18-11-17-14-4-1-2-7-20(14)28-21(17)12-22(18)29-23(15)16/h1-12,27H. The summed E-state index contributed by atoms with van der Waals surface area (Å²) in [6.45, 7) is 0. The molecule has 0 bridgehead atoms. The molecule has 0 aliphatic heterocycles. The first-order valence-corrected chi connectivity index (χ1v) is 9.31. The molecule has 144 valence electrons. The van der Waals surface area contributed by atoms with E-state index >= 15 is 0 Å². The van der Waals surface area contributed by atoms with E-state index in [0.29, 0.717) is 16.9 Å². The summed E-state index contributed by atoms with van der Waals surface area (Å²) in [5, 5.41) is 12.7. The van der Waals surface area contributed by atoms with Gasteiger partial charge in [-0.3, -0.25) is 9.87 Å². The van der Waals surface area contributed by atoms with Gasteiger partial charge in [0.2, 0.25) is 0 Å². The molecular weight excluding hydrogens is 382 g/mol. The number of rotatable bonds is 2. The number of pyridine rings is 1. The van der Waals surface area contributed by atoms with Crippen molar-refractivity contribution < 1.29 is 23.8 Å². The van der Waals surface area contributed by atoms with Crippen LogP contribution in [-0.2, 0) is 4.89 Å². The Bertz CT molecular complexity index is 1610. The molecule has 0 aliphatic carbocycles. The van der Waals surface area contributed by atoms with Crippen molar-refractivity contribution >= 4 is 49.8 Å². The summed E-state index contributed by atoms with van der Waals surface area (Å²) in [4.78, 5) is 19.9. The minimum absolute atomic E-state index is 0.194. The van der Waals surface area contributed by atoms with Gasteiger partial charge in [-0.2, -0.15) is 5.26 Å². The molecule has 0 fully saturated rings. The second-order valence-electron chi connectivity index (χ2n) is 7.04. The number of carbonyl (C=O) groups is 1. The molecule has 0 amide bonds. The molecule has 1 N–H and O–H groups in total. The van der Waals surface area contributed by atoms with Crippen LogP contribution in [0.4, 0.5) is 0 Å². The maximum Gasteiger partial charge on any atom is 0.372 e. The van der Waals surface area contributed by atoms with Crippen LogP contribution in [0, 0.1) is 0 Å². The highest BCUT2D eigenvalue weighted by atomic mass is 17.1. The molecule has 6 heteroatoms. The van der Waals surface area contributed by atoms with E-state index < -0.39 is 5.97 Å². The topological polar surface area (TPSA) is 85.7 Å². The van der Waals surface area contributed by atoms with Crippen LogP contribution in [0.3, 0.4) is 0 Å². The third kappa shape index (κ3) is 2.34. The zero-order valence-electron chi connectivity index (χ0n) is 15.5. The average molecular weight is 395 g/mol. The van der Waals surface area contributed by atoms with Gasteiger partial charge in [0, 0.05) is 39.4 Å². The zero-order chi connectivity index (χ0) is 20.2. The second-order valence-corrected chi connectivity index (χ2v) is 7.04. The fourth-order valence-electron chi connectivity index (χ4n) is 3.98. The van der Waals surface area contributed by atoms with Crippen LogP contribution in [0.2, 0.25) is 0 Å². The van der Waals surface area contributed by atoms with E-state index in [9.17, 15) is 4.79 Å². The molecule has 6 nitrogen and oxygen atoms in total. The van der Waals surface area contributed by atoms with Gasteiger partial charge < -0.3 is 8.83 Å². The van der Waals surface area contributed by atoms with E-state index in [-0.39, 0.29) is 5.56 Å². The average Bonchev–Trinajstić information content (AvgIpc) is 3.34. The Labute approximate surface area is 168 Å². The molecule has 0 spiro atoms. The van der Waals surface area contributed by atoms with Crippen LogP contribution in [0.25, 0.3) is 55.1 Å². The molecule has 6 rings (SSSR count). The van der Waals surface area contributed by atoms with E-state index in [1.807, 2.05) is 48.5 Å². The molecule has 3 aromatic carbocycles. The van der Waals surface area contributed by atoms with Crippen molar-refractivity contribution in [3.8, 4) is 11.3 Å².